The summed E-state index contributed by atoms with van der Waals surface area (Å²) in [4.78, 5) is 4.55. The summed E-state index contributed by atoms with van der Waals surface area (Å²) in [5.41, 5.74) is 0.775. The zero-order valence-electron chi connectivity index (χ0n) is 11.9. The average molecular weight is 326 g/mol. The molecule has 112 valence electrons. The van der Waals surface area contributed by atoms with Crippen LogP contribution in [0.15, 0.2) is 18.2 Å². The highest BCUT2D eigenvalue weighted by molar-refractivity contribution is 6.34. The van der Waals surface area contributed by atoms with E-state index in [9.17, 15) is 0 Å². The van der Waals surface area contributed by atoms with Crippen molar-refractivity contribution in [2.75, 3.05) is 13.2 Å². The van der Waals surface area contributed by atoms with Crippen LogP contribution < -0.4 is 0 Å². The molecule has 1 aromatic carbocycles. The molecule has 0 N–H and O–H groups in total. The first-order valence-electron chi connectivity index (χ1n) is 7.09. The van der Waals surface area contributed by atoms with Gasteiger partial charge in [-0.25, -0.2) is 9.67 Å². The predicted molar refractivity (Wildman–Crippen MR) is 83.4 cm³/mol. The molecule has 0 amide bonds. The van der Waals surface area contributed by atoms with Crippen molar-refractivity contribution in [2.45, 2.75) is 26.2 Å². The van der Waals surface area contributed by atoms with Crippen molar-refractivity contribution in [3.8, 4) is 5.69 Å². The molecule has 1 aliphatic heterocycles. The number of ether oxygens (including phenoxy) is 1. The van der Waals surface area contributed by atoms with Gasteiger partial charge < -0.3 is 4.74 Å². The molecule has 6 heteroatoms. The van der Waals surface area contributed by atoms with Gasteiger partial charge in [0.1, 0.15) is 11.6 Å². The van der Waals surface area contributed by atoms with Crippen LogP contribution in [0.4, 0.5) is 0 Å². The second kappa shape index (κ2) is 6.34. The highest BCUT2D eigenvalue weighted by atomic mass is 35.5. The Hall–Kier alpha value is -1.10. The molecular weight excluding hydrogens is 309 g/mol. The average Bonchev–Trinajstić information content (AvgIpc) is 2.83. The number of nitrogens with zero attached hydrogens (tertiary/aromatic N) is 3. The Labute approximate surface area is 134 Å². The van der Waals surface area contributed by atoms with Gasteiger partial charge in [0.15, 0.2) is 0 Å². The molecule has 0 aliphatic carbocycles. The predicted octanol–water partition coefficient (Wildman–Crippen LogP) is 3.85. The van der Waals surface area contributed by atoms with Gasteiger partial charge in [-0.3, -0.25) is 0 Å². The molecule has 2 heterocycles. The topological polar surface area (TPSA) is 39.9 Å². The number of benzene rings is 1. The second-order valence-electron chi connectivity index (χ2n) is 5.37. The third kappa shape index (κ3) is 3.39. The lowest BCUT2D eigenvalue weighted by molar-refractivity contribution is 0.0541. The van der Waals surface area contributed by atoms with Crippen molar-refractivity contribution in [3.63, 3.8) is 0 Å². The van der Waals surface area contributed by atoms with E-state index in [1.807, 2.05) is 13.0 Å². The van der Waals surface area contributed by atoms with E-state index in [1.165, 1.54) is 0 Å². The number of aryl methyl sites for hydroxylation is 1. The van der Waals surface area contributed by atoms with Crippen LogP contribution in [0.1, 0.15) is 24.5 Å². The van der Waals surface area contributed by atoms with Gasteiger partial charge in [-0.15, -0.1) is 0 Å². The maximum atomic E-state index is 6.28. The van der Waals surface area contributed by atoms with E-state index in [0.717, 1.165) is 49.8 Å². The van der Waals surface area contributed by atoms with Gasteiger partial charge in [0, 0.05) is 24.7 Å². The van der Waals surface area contributed by atoms with Crippen LogP contribution in [0.25, 0.3) is 5.69 Å². The first-order valence-corrected chi connectivity index (χ1v) is 7.85. The zero-order chi connectivity index (χ0) is 14.8. The largest absolute Gasteiger partial charge is 0.381 e. The summed E-state index contributed by atoms with van der Waals surface area (Å²) in [6.45, 7) is 3.54. The molecule has 1 unspecified atom stereocenters. The minimum absolute atomic E-state index is 0.485. The lowest BCUT2D eigenvalue weighted by Crippen LogP contribution is -2.21. The molecule has 0 spiro atoms. The van der Waals surface area contributed by atoms with E-state index in [4.69, 9.17) is 27.9 Å². The Morgan fingerprint density at radius 1 is 1.38 bits per heavy atom. The number of hydrogen-bond donors (Lipinski definition) is 0. The highest BCUT2D eigenvalue weighted by Crippen LogP contribution is 2.26. The molecule has 4 nitrogen and oxygen atoms in total. The Bertz CT molecular complexity index is 636. The maximum absolute atomic E-state index is 6.28. The smallest absolute Gasteiger partial charge is 0.148 e. The van der Waals surface area contributed by atoms with E-state index in [2.05, 4.69) is 10.1 Å². The zero-order valence-corrected chi connectivity index (χ0v) is 13.4. The summed E-state index contributed by atoms with van der Waals surface area (Å²) < 4.78 is 7.35. The molecule has 21 heavy (non-hydrogen) atoms. The van der Waals surface area contributed by atoms with Crippen LogP contribution in [0.5, 0.6) is 0 Å². The lowest BCUT2D eigenvalue weighted by Gasteiger charge is -2.21. The van der Waals surface area contributed by atoms with Crippen molar-refractivity contribution >= 4 is 23.2 Å². The third-order valence-corrected chi connectivity index (χ3v) is 4.20. The first-order chi connectivity index (χ1) is 10.1. The summed E-state index contributed by atoms with van der Waals surface area (Å²) in [5, 5.41) is 5.72. The Morgan fingerprint density at radius 3 is 3.00 bits per heavy atom. The van der Waals surface area contributed by atoms with Crippen molar-refractivity contribution in [2.24, 2.45) is 5.92 Å². The quantitative estimate of drug-likeness (QED) is 0.860. The van der Waals surface area contributed by atoms with Crippen molar-refractivity contribution < 1.29 is 4.74 Å². The summed E-state index contributed by atoms with van der Waals surface area (Å²) in [6.07, 6.45) is 3.11. The van der Waals surface area contributed by atoms with Gasteiger partial charge in [-0.2, -0.15) is 5.10 Å². The first kappa shape index (κ1) is 14.8. The molecule has 3 rings (SSSR count). The van der Waals surface area contributed by atoms with Crippen LogP contribution in [0.2, 0.25) is 10.0 Å². The second-order valence-corrected chi connectivity index (χ2v) is 6.21. The van der Waals surface area contributed by atoms with Gasteiger partial charge in [-0.1, -0.05) is 23.2 Å². The summed E-state index contributed by atoms with van der Waals surface area (Å²) >= 11 is 12.4. The maximum Gasteiger partial charge on any atom is 0.148 e. The van der Waals surface area contributed by atoms with E-state index in [0.29, 0.717) is 16.0 Å². The number of halogens is 2. The fourth-order valence-corrected chi connectivity index (χ4v) is 3.02. The Balaban J connectivity index is 1.93. The summed E-state index contributed by atoms with van der Waals surface area (Å²) in [6, 6.07) is 5.37. The van der Waals surface area contributed by atoms with Crippen LogP contribution in [-0.4, -0.2) is 28.0 Å². The number of aromatic nitrogens is 3. The molecule has 0 bridgehead atoms. The van der Waals surface area contributed by atoms with Gasteiger partial charge in [0.05, 0.1) is 10.7 Å². The highest BCUT2D eigenvalue weighted by Gasteiger charge is 2.20. The van der Waals surface area contributed by atoms with Crippen LogP contribution >= 0.6 is 23.2 Å². The Morgan fingerprint density at radius 2 is 2.24 bits per heavy atom. The fraction of sp³-hybridized carbons (Fsp3) is 0.467. The lowest BCUT2D eigenvalue weighted by atomic mass is 9.98. The van der Waals surface area contributed by atoms with Crippen molar-refractivity contribution in [1.29, 1.82) is 0 Å². The van der Waals surface area contributed by atoms with Crippen LogP contribution in [0, 0.1) is 12.8 Å². The van der Waals surface area contributed by atoms with E-state index in [1.54, 1.807) is 16.8 Å². The molecule has 2 aromatic rings. The van der Waals surface area contributed by atoms with Gasteiger partial charge >= 0.3 is 0 Å². The van der Waals surface area contributed by atoms with E-state index < -0.39 is 0 Å². The van der Waals surface area contributed by atoms with Crippen molar-refractivity contribution in [3.05, 3.63) is 39.9 Å². The monoisotopic (exact) mass is 325 g/mol. The fourth-order valence-electron chi connectivity index (χ4n) is 2.66. The molecule has 0 saturated carbocycles. The number of rotatable bonds is 3. The molecule has 1 aromatic heterocycles. The van der Waals surface area contributed by atoms with E-state index >= 15 is 0 Å². The van der Waals surface area contributed by atoms with E-state index in [-0.39, 0.29) is 0 Å². The minimum atomic E-state index is 0.485. The summed E-state index contributed by atoms with van der Waals surface area (Å²) in [7, 11) is 0. The third-order valence-electron chi connectivity index (χ3n) is 3.64. The Kier molecular flexibility index (Phi) is 4.48. The molecule has 1 fully saturated rings. The normalized spacial score (nSPS) is 18.9. The SMILES string of the molecule is Cc1nc(CC2CCCOC2)n(-c2cc(Cl)ccc2Cl)n1. The molecule has 0 radical (unpaired) electrons. The standard InChI is InChI=1S/C15H17Cl2N3O/c1-10-18-15(7-11-3-2-6-21-9-11)20(19-10)14-8-12(16)4-5-13(14)17/h4-5,8,11H,2-3,6-7,9H2,1H3. The van der Waals surface area contributed by atoms with Crippen LogP contribution in [0.3, 0.4) is 0 Å². The molecule has 1 saturated heterocycles. The number of hydrogen-bond acceptors (Lipinski definition) is 3. The minimum Gasteiger partial charge on any atom is -0.381 e. The van der Waals surface area contributed by atoms with Gasteiger partial charge in [0.2, 0.25) is 0 Å². The van der Waals surface area contributed by atoms with Crippen molar-refractivity contribution in [1.82, 2.24) is 14.8 Å². The van der Waals surface area contributed by atoms with Gasteiger partial charge in [0.25, 0.3) is 0 Å². The van der Waals surface area contributed by atoms with Gasteiger partial charge in [-0.05, 0) is 43.9 Å². The molecular formula is C15H17Cl2N3O. The molecule has 1 atom stereocenters. The molecule has 1 aliphatic rings. The van der Waals surface area contributed by atoms with Crippen LogP contribution in [-0.2, 0) is 11.2 Å². The summed E-state index contributed by atoms with van der Waals surface area (Å²) in [5.74, 6) is 2.13.